The van der Waals surface area contributed by atoms with E-state index in [1.807, 2.05) is 0 Å². The summed E-state index contributed by atoms with van der Waals surface area (Å²) in [7, 11) is 0. The van der Waals surface area contributed by atoms with Gasteiger partial charge in [-0.25, -0.2) is 0 Å². The van der Waals surface area contributed by atoms with Crippen molar-refractivity contribution in [2.45, 2.75) is 32.7 Å². The summed E-state index contributed by atoms with van der Waals surface area (Å²) in [5.74, 6) is 0. The van der Waals surface area contributed by atoms with Crippen LogP contribution in [-0.2, 0) is 0 Å². The van der Waals surface area contributed by atoms with Crippen molar-refractivity contribution >= 4 is 11.3 Å². The van der Waals surface area contributed by atoms with E-state index in [2.05, 4.69) is 60.9 Å². The summed E-state index contributed by atoms with van der Waals surface area (Å²) in [6.07, 6.45) is 2.32. The lowest BCUT2D eigenvalue weighted by atomic mass is 10.0. The second-order valence-electron chi connectivity index (χ2n) is 4.51. The van der Waals surface area contributed by atoms with Crippen molar-refractivity contribution in [3.63, 3.8) is 0 Å². The van der Waals surface area contributed by atoms with Crippen LogP contribution in [0, 0.1) is 0 Å². The van der Waals surface area contributed by atoms with Gasteiger partial charge in [0.2, 0.25) is 0 Å². The molecule has 1 heterocycles. The summed E-state index contributed by atoms with van der Waals surface area (Å²) in [5.41, 5.74) is 2.71. The van der Waals surface area contributed by atoms with Gasteiger partial charge in [0.05, 0.1) is 0 Å². The molecule has 1 aromatic carbocycles. The highest BCUT2D eigenvalue weighted by Crippen LogP contribution is 2.26. The maximum Gasteiger partial charge on any atom is 0.0342 e. The highest BCUT2D eigenvalue weighted by molar-refractivity contribution is 7.13. The van der Waals surface area contributed by atoms with Crippen molar-refractivity contribution in [3.05, 3.63) is 47.3 Å². The predicted molar refractivity (Wildman–Crippen MR) is 81.1 cm³/mol. The fourth-order valence-corrected chi connectivity index (χ4v) is 2.87. The van der Waals surface area contributed by atoms with Gasteiger partial charge in [-0.2, -0.15) is 0 Å². The maximum atomic E-state index is 3.59. The molecule has 0 aliphatic rings. The summed E-state index contributed by atoms with van der Waals surface area (Å²) in [5, 5.41) is 5.72. The fraction of sp³-hybridized carbons (Fsp3) is 0.375. The average Bonchev–Trinajstić information content (AvgIpc) is 2.94. The van der Waals surface area contributed by atoms with E-state index in [1.54, 1.807) is 11.3 Å². The number of hydrogen-bond acceptors (Lipinski definition) is 2. The van der Waals surface area contributed by atoms with Crippen LogP contribution in [0.25, 0.3) is 10.4 Å². The monoisotopic (exact) mass is 259 g/mol. The number of rotatable bonds is 6. The predicted octanol–water partition coefficient (Wildman–Crippen LogP) is 4.87. The zero-order valence-electron chi connectivity index (χ0n) is 11.1. The molecular formula is C16H21NS. The maximum absolute atomic E-state index is 3.59. The first-order valence-corrected chi connectivity index (χ1v) is 7.60. The van der Waals surface area contributed by atoms with E-state index >= 15 is 0 Å². The van der Waals surface area contributed by atoms with Gasteiger partial charge in [0, 0.05) is 10.9 Å². The van der Waals surface area contributed by atoms with E-state index in [4.69, 9.17) is 0 Å². The first-order valence-electron chi connectivity index (χ1n) is 6.72. The lowest BCUT2D eigenvalue weighted by Gasteiger charge is -2.17. The van der Waals surface area contributed by atoms with Gasteiger partial charge in [0.25, 0.3) is 0 Å². The van der Waals surface area contributed by atoms with Crippen molar-refractivity contribution in [1.29, 1.82) is 0 Å². The fourth-order valence-electron chi connectivity index (χ4n) is 2.14. The Kier molecular flexibility index (Phi) is 4.97. The van der Waals surface area contributed by atoms with Gasteiger partial charge in [0.15, 0.2) is 0 Å². The van der Waals surface area contributed by atoms with E-state index in [1.165, 1.54) is 22.4 Å². The molecule has 1 nitrogen and oxygen atoms in total. The Bertz CT molecular complexity index is 444. The molecule has 1 aromatic heterocycles. The zero-order valence-corrected chi connectivity index (χ0v) is 12.0. The Labute approximate surface area is 114 Å². The molecule has 0 fully saturated rings. The van der Waals surface area contributed by atoms with Crippen molar-refractivity contribution in [2.24, 2.45) is 0 Å². The molecule has 0 amide bonds. The van der Waals surface area contributed by atoms with Gasteiger partial charge in [-0.1, -0.05) is 44.2 Å². The second-order valence-corrected chi connectivity index (χ2v) is 5.46. The first-order chi connectivity index (χ1) is 8.85. The van der Waals surface area contributed by atoms with Crippen molar-refractivity contribution in [2.75, 3.05) is 6.54 Å². The van der Waals surface area contributed by atoms with Crippen LogP contribution < -0.4 is 5.32 Å². The molecule has 0 radical (unpaired) electrons. The molecule has 1 N–H and O–H groups in total. The molecule has 0 aliphatic heterocycles. The molecule has 0 saturated heterocycles. The Morgan fingerprint density at radius 1 is 1.11 bits per heavy atom. The van der Waals surface area contributed by atoms with Gasteiger partial charge in [-0.15, -0.1) is 11.3 Å². The number of thiophene rings is 1. The highest BCUT2D eigenvalue weighted by atomic mass is 32.1. The molecule has 0 bridgehead atoms. The number of nitrogens with one attached hydrogen (secondary N) is 1. The van der Waals surface area contributed by atoms with E-state index in [-0.39, 0.29) is 0 Å². The Morgan fingerprint density at radius 3 is 2.44 bits per heavy atom. The summed E-state index contributed by atoms with van der Waals surface area (Å²) in [6, 6.07) is 13.7. The highest BCUT2D eigenvalue weighted by Gasteiger charge is 2.08. The second kappa shape index (κ2) is 6.72. The van der Waals surface area contributed by atoms with Crippen molar-refractivity contribution in [3.8, 4) is 10.4 Å². The largest absolute Gasteiger partial charge is 0.310 e. The van der Waals surface area contributed by atoms with Gasteiger partial charge in [-0.05, 0) is 42.0 Å². The molecule has 0 aliphatic carbocycles. The third-order valence-electron chi connectivity index (χ3n) is 3.17. The minimum absolute atomic E-state index is 0.488. The molecule has 0 spiro atoms. The SMILES string of the molecule is CCCNC(CC)c1ccc(-c2cccs2)cc1. The van der Waals surface area contributed by atoms with Crippen LogP contribution >= 0.6 is 11.3 Å². The van der Waals surface area contributed by atoms with Gasteiger partial charge < -0.3 is 5.32 Å². The Hall–Kier alpha value is -1.12. The molecule has 18 heavy (non-hydrogen) atoms. The van der Waals surface area contributed by atoms with Gasteiger partial charge in [-0.3, -0.25) is 0 Å². The molecule has 0 saturated carbocycles. The van der Waals surface area contributed by atoms with E-state index in [0.717, 1.165) is 13.0 Å². The summed E-state index contributed by atoms with van der Waals surface area (Å²) in [6.45, 7) is 5.53. The third kappa shape index (κ3) is 3.21. The van der Waals surface area contributed by atoms with Crippen LogP contribution in [0.2, 0.25) is 0 Å². The average molecular weight is 259 g/mol. The minimum atomic E-state index is 0.488. The lowest BCUT2D eigenvalue weighted by Crippen LogP contribution is -2.21. The zero-order chi connectivity index (χ0) is 12.8. The van der Waals surface area contributed by atoms with Crippen LogP contribution in [0.15, 0.2) is 41.8 Å². The standard InChI is InChI=1S/C16H21NS/c1-3-11-17-15(4-2)13-7-9-14(10-8-13)16-6-5-12-18-16/h5-10,12,15,17H,3-4,11H2,1-2H3. The molecule has 96 valence electrons. The van der Waals surface area contributed by atoms with Crippen molar-refractivity contribution in [1.82, 2.24) is 5.32 Å². The van der Waals surface area contributed by atoms with Crippen LogP contribution in [0.3, 0.4) is 0 Å². The molecule has 1 atom stereocenters. The van der Waals surface area contributed by atoms with E-state index in [9.17, 15) is 0 Å². The summed E-state index contributed by atoms with van der Waals surface area (Å²) < 4.78 is 0. The van der Waals surface area contributed by atoms with Gasteiger partial charge >= 0.3 is 0 Å². The molecule has 2 heteroatoms. The molecule has 1 unspecified atom stereocenters. The van der Waals surface area contributed by atoms with Crippen molar-refractivity contribution < 1.29 is 0 Å². The Balaban J connectivity index is 2.11. The summed E-state index contributed by atoms with van der Waals surface area (Å²) in [4.78, 5) is 1.34. The topological polar surface area (TPSA) is 12.0 Å². The Morgan fingerprint density at radius 2 is 1.89 bits per heavy atom. The van der Waals surface area contributed by atoms with E-state index in [0.29, 0.717) is 6.04 Å². The van der Waals surface area contributed by atoms with Crippen LogP contribution in [0.1, 0.15) is 38.3 Å². The minimum Gasteiger partial charge on any atom is -0.310 e. The van der Waals surface area contributed by atoms with Gasteiger partial charge in [0.1, 0.15) is 0 Å². The normalized spacial score (nSPS) is 12.6. The van der Waals surface area contributed by atoms with E-state index < -0.39 is 0 Å². The lowest BCUT2D eigenvalue weighted by molar-refractivity contribution is 0.518. The van der Waals surface area contributed by atoms with Crippen LogP contribution in [-0.4, -0.2) is 6.54 Å². The molecular weight excluding hydrogens is 238 g/mol. The quantitative estimate of drug-likeness (QED) is 0.780. The smallest absolute Gasteiger partial charge is 0.0342 e. The van der Waals surface area contributed by atoms with Crippen LogP contribution in [0.4, 0.5) is 0 Å². The number of hydrogen-bond donors (Lipinski definition) is 1. The van der Waals surface area contributed by atoms with Crippen LogP contribution in [0.5, 0.6) is 0 Å². The molecule has 2 aromatic rings. The summed E-state index contributed by atoms with van der Waals surface area (Å²) >= 11 is 1.79. The number of benzene rings is 1. The third-order valence-corrected chi connectivity index (χ3v) is 4.09. The molecule has 2 rings (SSSR count). The first kappa shape index (κ1) is 13.3.